The third-order valence-electron chi connectivity index (χ3n) is 13.5. The molecule has 4 saturated carbocycles. The second kappa shape index (κ2) is 12.3. The number of amides is 1. The number of carbonyl (C=O) groups is 1. The molecular weight excluding hydrogens is 484 g/mol. The first-order valence-electron chi connectivity index (χ1n) is 17.0. The summed E-state index contributed by atoms with van der Waals surface area (Å²) in [5, 5.41) is 28.8. The van der Waals surface area contributed by atoms with Crippen LogP contribution < -0.4 is 10.6 Å². The van der Waals surface area contributed by atoms with E-state index in [0.717, 1.165) is 44.6 Å². The van der Waals surface area contributed by atoms with Gasteiger partial charge >= 0.3 is 0 Å². The molecule has 5 heteroatoms. The van der Waals surface area contributed by atoms with Gasteiger partial charge in [-0.25, -0.2) is 0 Å². The Bertz CT molecular complexity index is 829. The van der Waals surface area contributed by atoms with Gasteiger partial charge in [0.05, 0.1) is 12.2 Å². The largest absolute Gasteiger partial charge is 0.393 e. The Morgan fingerprint density at radius 2 is 1.74 bits per heavy atom. The predicted molar refractivity (Wildman–Crippen MR) is 158 cm³/mol. The fourth-order valence-electron chi connectivity index (χ4n) is 11.2. The third kappa shape index (κ3) is 5.85. The lowest BCUT2D eigenvalue weighted by molar-refractivity contribution is -0.199. The highest BCUT2D eigenvalue weighted by Gasteiger charge is 2.64. The van der Waals surface area contributed by atoms with Crippen LogP contribution >= 0.6 is 0 Å². The van der Waals surface area contributed by atoms with Crippen molar-refractivity contribution >= 4 is 5.91 Å². The van der Waals surface area contributed by atoms with Crippen molar-refractivity contribution in [2.75, 3.05) is 19.6 Å². The summed E-state index contributed by atoms with van der Waals surface area (Å²) in [6, 6.07) is 0. The number of hydrogen-bond donors (Lipinski definition) is 4. The van der Waals surface area contributed by atoms with E-state index in [1.54, 1.807) is 0 Å². The van der Waals surface area contributed by atoms with Crippen molar-refractivity contribution in [2.45, 2.75) is 130 Å². The van der Waals surface area contributed by atoms with Gasteiger partial charge in [-0.15, -0.1) is 0 Å². The van der Waals surface area contributed by atoms with E-state index in [-0.39, 0.29) is 34.9 Å². The molecule has 5 rings (SSSR count). The second-order valence-electron chi connectivity index (χ2n) is 15.5. The molecule has 0 spiro atoms. The minimum Gasteiger partial charge on any atom is -0.393 e. The highest BCUT2D eigenvalue weighted by atomic mass is 16.3. The lowest BCUT2D eigenvalue weighted by Crippen LogP contribution is -2.61. The first-order chi connectivity index (χ1) is 18.6. The van der Waals surface area contributed by atoms with Gasteiger partial charge in [0.1, 0.15) is 0 Å². The normalized spacial score (nSPS) is 46.3. The summed E-state index contributed by atoms with van der Waals surface area (Å²) in [6.45, 7) is 12.9. The molecule has 12 atom stereocenters. The number of rotatable bonds is 10. The van der Waals surface area contributed by atoms with E-state index in [4.69, 9.17) is 0 Å². The maximum atomic E-state index is 12.7. The average molecular weight is 545 g/mol. The number of unbranched alkanes of at least 4 members (excludes halogenated alkanes) is 2. The van der Waals surface area contributed by atoms with Crippen molar-refractivity contribution in [1.82, 2.24) is 10.6 Å². The molecule has 0 bridgehead atoms. The van der Waals surface area contributed by atoms with Gasteiger partial charge in [-0.2, -0.15) is 0 Å². The number of carbonyl (C=O) groups excluding carboxylic acids is 1. The molecule has 4 aliphatic carbocycles. The smallest absolute Gasteiger partial charge is 0.220 e. The van der Waals surface area contributed by atoms with Crippen molar-refractivity contribution in [3.05, 3.63) is 0 Å². The topological polar surface area (TPSA) is 81.6 Å². The standard InChI is InChI=1S/C34H60N2O3/c1-22(9-12-30(38)36-18-7-5-6-8-24-15-19-35-21-24)26-10-11-27-31-28(14-17-33(26,27)3)34(4)16-13-25(37)20-29(34)23(2)32(31)39/h22-29,31-32,35,37,39H,5-21H2,1-4H3,(H,36,38)/t22-,23-,24?,25-,26-,27+,28+,29+,31+,32-,33-,34-/m1/s1. The Balaban J connectivity index is 1.10. The molecule has 1 unspecified atom stereocenters. The van der Waals surface area contributed by atoms with Crippen molar-refractivity contribution in [2.24, 2.45) is 58.2 Å². The third-order valence-corrected chi connectivity index (χ3v) is 13.5. The van der Waals surface area contributed by atoms with Gasteiger partial charge < -0.3 is 20.8 Å². The number of aliphatic hydroxyl groups is 2. The average Bonchev–Trinajstić information content (AvgIpc) is 3.56. The first-order valence-corrected chi connectivity index (χ1v) is 17.0. The van der Waals surface area contributed by atoms with Gasteiger partial charge in [-0.05, 0) is 142 Å². The van der Waals surface area contributed by atoms with Gasteiger partial charge in [0.25, 0.3) is 0 Å². The van der Waals surface area contributed by atoms with Crippen molar-refractivity contribution in [1.29, 1.82) is 0 Å². The molecule has 1 aliphatic heterocycles. The van der Waals surface area contributed by atoms with E-state index in [2.05, 4.69) is 38.3 Å². The van der Waals surface area contributed by atoms with E-state index in [1.807, 2.05) is 0 Å². The highest BCUT2D eigenvalue weighted by Crippen LogP contribution is 2.69. The summed E-state index contributed by atoms with van der Waals surface area (Å²) in [7, 11) is 0. The van der Waals surface area contributed by atoms with Gasteiger partial charge in [0.2, 0.25) is 5.91 Å². The second-order valence-corrected chi connectivity index (χ2v) is 15.5. The van der Waals surface area contributed by atoms with E-state index in [1.165, 1.54) is 64.5 Å². The molecule has 1 amide bonds. The maximum absolute atomic E-state index is 12.7. The molecule has 1 saturated heterocycles. The Morgan fingerprint density at radius 3 is 2.51 bits per heavy atom. The lowest BCUT2D eigenvalue weighted by Gasteiger charge is -2.64. The molecule has 0 aromatic carbocycles. The summed E-state index contributed by atoms with van der Waals surface area (Å²) < 4.78 is 0. The molecule has 4 N–H and O–H groups in total. The number of nitrogens with one attached hydrogen (secondary N) is 2. The first kappa shape index (κ1) is 29.8. The maximum Gasteiger partial charge on any atom is 0.220 e. The van der Waals surface area contributed by atoms with E-state index in [9.17, 15) is 15.0 Å². The van der Waals surface area contributed by atoms with Gasteiger partial charge in [-0.3, -0.25) is 4.79 Å². The van der Waals surface area contributed by atoms with Crippen LogP contribution in [0.3, 0.4) is 0 Å². The molecule has 0 radical (unpaired) electrons. The lowest BCUT2D eigenvalue weighted by atomic mass is 9.42. The summed E-state index contributed by atoms with van der Waals surface area (Å²) in [4.78, 5) is 12.7. The molecule has 0 aromatic rings. The zero-order valence-corrected chi connectivity index (χ0v) is 25.6. The Morgan fingerprint density at radius 1 is 0.974 bits per heavy atom. The van der Waals surface area contributed by atoms with Crippen molar-refractivity contribution < 1.29 is 15.0 Å². The summed E-state index contributed by atoms with van der Waals surface area (Å²) in [6.07, 6.45) is 15.4. The Labute approximate surface area is 239 Å². The molecular formula is C34H60N2O3. The monoisotopic (exact) mass is 544 g/mol. The number of aliphatic hydroxyl groups excluding tert-OH is 2. The minimum absolute atomic E-state index is 0.184. The SMILES string of the molecule is C[C@H]1[C@@H](O)[C@@H]2[C@H](CC[C@]3(C)[C@@H]([C@H](C)CCC(=O)NCCCCCC4CCNC4)CC[C@@H]23)[C@@]2(C)CC[C@@H](O)C[C@@H]12. The molecule has 0 aromatic heterocycles. The predicted octanol–water partition coefficient (Wildman–Crippen LogP) is 5.93. The zero-order chi connectivity index (χ0) is 27.8. The Kier molecular flexibility index (Phi) is 9.41. The number of hydrogen-bond acceptors (Lipinski definition) is 4. The molecule has 5 nitrogen and oxygen atoms in total. The molecule has 39 heavy (non-hydrogen) atoms. The fraction of sp³-hybridized carbons (Fsp3) is 0.971. The van der Waals surface area contributed by atoms with E-state index >= 15 is 0 Å². The molecule has 1 heterocycles. The summed E-state index contributed by atoms with van der Waals surface area (Å²) in [5.41, 5.74) is 0.545. The highest BCUT2D eigenvalue weighted by molar-refractivity contribution is 5.75. The van der Waals surface area contributed by atoms with Gasteiger partial charge in [-0.1, -0.05) is 40.5 Å². The summed E-state index contributed by atoms with van der Waals surface area (Å²) in [5.74, 6) is 4.62. The van der Waals surface area contributed by atoms with E-state index < -0.39 is 0 Å². The van der Waals surface area contributed by atoms with Crippen LogP contribution in [0, 0.1) is 58.2 Å². The molecule has 5 aliphatic rings. The minimum atomic E-state index is -0.238. The van der Waals surface area contributed by atoms with Crippen LogP contribution in [-0.4, -0.2) is 48.0 Å². The van der Waals surface area contributed by atoms with Crippen LogP contribution in [0.2, 0.25) is 0 Å². The van der Waals surface area contributed by atoms with Crippen LogP contribution in [0.15, 0.2) is 0 Å². The molecule has 224 valence electrons. The van der Waals surface area contributed by atoms with Crippen molar-refractivity contribution in [3.63, 3.8) is 0 Å². The van der Waals surface area contributed by atoms with E-state index in [0.29, 0.717) is 41.9 Å². The van der Waals surface area contributed by atoms with Gasteiger partial charge in [0.15, 0.2) is 0 Å². The van der Waals surface area contributed by atoms with Gasteiger partial charge in [0, 0.05) is 13.0 Å². The molecule has 5 fully saturated rings. The van der Waals surface area contributed by atoms with Crippen LogP contribution in [0.25, 0.3) is 0 Å². The van der Waals surface area contributed by atoms with Crippen LogP contribution in [0.5, 0.6) is 0 Å². The van der Waals surface area contributed by atoms with Crippen LogP contribution in [-0.2, 0) is 4.79 Å². The summed E-state index contributed by atoms with van der Waals surface area (Å²) >= 11 is 0. The quantitative estimate of drug-likeness (QED) is 0.257. The Hall–Kier alpha value is -0.650. The number of fused-ring (bicyclic) bond motifs is 5. The van der Waals surface area contributed by atoms with Crippen LogP contribution in [0.4, 0.5) is 0 Å². The fourth-order valence-corrected chi connectivity index (χ4v) is 11.2. The van der Waals surface area contributed by atoms with Crippen molar-refractivity contribution in [3.8, 4) is 0 Å². The van der Waals surface area contributed by atoms with Crippen LogP contribution in [0.1, 0.15) is 118 Å². The zero-order valence-electron chi connectivity index (χ0n) is 25.6.